The molecule has 0 radical (unpaired) electrons. The third-order valence-corrected chi connectivity index (χ3v) is 4.14. The second-order valence-electron chi connectivity index (χ2n) is 5.86. The third kappa shape index (κ3) is 2.71. The summed E-state index contributed by atoms with van der Waals surface area (Å²) in [6.07, 6.45) is -0.507. The fraction of sp³-hybridized carbons (Fsp3) is 0.100. The molecule has 0 bridgehead atoms. The lowest BCUT2D eigenvalue weighted by atomic mass is 10.1. The molecule has 2 heterocycles. The van der Waals surface area contributed by atoms with E-state index in [0.717, 1.165) is 10.8 Å². The van der Waals surface area contributed by atoms with Crippen molar-refractivity contribution in [2.75, 3.05) is 0 Å². The molecule has 130 valence electrons. The smallest absolute Gasteiger partial charge is 0.371 e. The van der Waals surface area contributed by atoms with Crippen LogP contribution in [0.4, 0.5) is 0 Å². The number of hydrogen-bond acceptors (Lipinski definition) is 5. The van der Waals surface area contributed by atoms with E-state index in [9.17, 15) is 9.59 Å². The van der Waals surface area contributed by atoms with Gasteiger partial charge in [0.15, 0.2) is 6.10 Å². The molecule has 1 atom stereocenters. The lowest BCUT2D eigenvalue weighted by Gasteiger charge is -2.13. The number of carboxylic acid groups (broad SMARTS) is 1. The number of hydrogen-bond donors (Lipinski definition) is 1. The predicted molar refractivity (Wildman–Crippen MR) is 94.7 cm³/mol. The van der Waals surface area contributed by atoms with Crippen molar-refractivity contribution in [3.8, 4) is 5.75 Å². The number of rotatable bonds is 4. The molecule has 2 aromatic carbocycles. The van der Waals surface area contributed by atoms with Gasteiger partial charge in [-0.2, -0.15) is 0 Å². The summed E-state index contributed by atoms with van der Waals surface area (Å²) < 4.78 is 16.5. The van der Waals surface area contributed by atoms with Gasteiger partial charge in [-0.1, -0.05) is 18.2 Å². The summed E-state index contributed by atoms with van der Waals surface area (Å²) in [5.74, 6) is -0.409. The zero-order chi connectivity index (χ0) is 18.3. The molecule has 26 heavy (non-hydrogen) atoms. The maximum absolute atomic E-state index is 12.1. The minimum absolute atomic E-state index is 0.147. The summed E-state index contributed by atoms with van der Waals surface area (Å²) in [5.41, 5.74) is 0.0134. The summed E-state index contributed by atoms with van der Waals surface area (Å²) in [7, 11) is 0. The SMILES string of the molecule is CC(Oc1ccc2c(c1)oc(=O)c1ccccc12)c1ccc(C(=O)O)o1. The first-order chi connectivity index (χ1) is 12.5. The summed E-state index contributed by atoms with van der Waals surface area (Å²) >= 11 is 0. The van der Waals surface area contributed by atoms with Crippen molar-refractivity contribution in [3.05, 3.63) is 76.5 Å². The van der Waals surface area contributed by atoms with Crippen LogP contribution >= 0.6 is 0 Å². The van der Waals surface area contributed by atoms with Crippen LogP contribution in [0.1, 0.15) is 29.3 Å². The normalized spacial score (nSPS) is 12.3. The number of benzene rings is 2. The molecule has 6 nitrogen and oxygen atoms in total. The van der Waals surface area contributed by atoms with E-state index in [0.29, 0.717) is 22.5 Å². The standard InChI is InChI=1S/C20H14O6/c1-11(16-8-9-17(25-16)19(21)22)24-12-6-7-14-13-4-2-3-5-15(13)20(23)26-18(14)10-12/h2-11H,1H3,(H,21,22). The molecule has 1 N–H and O–H groups in total. The van der Waals surface area contributed by atoms with Crippen LogP contribution in [0, 0.1) is 0 Å². The molecule has 6 heteroatoms. The molecule has 0 amide bonds. The number of furan rings is 1. The minimum Gasteiger partial charge on any atom is -0.483 e. The predicted octanol–water partition coefficient (Wildman–Crippen LogP) is 4.38. The number of carbonyl (C=O) groups is 1. The zero-order valence-electron chi connectivity index (χ0n) is 13.8. The van der Waals surface area contributed by atoms with Crippen molar-refractivity contribution in [2.45, 2.75) is 13.0 Å². The van der Waals surface area contributed by atoms with Crippen molar-refractivity contribution in [2.24, 2.45) is 0 Å². The Bertz CT molecular complexity index is 1180. The van der Waals surface area contributed by atoms with Crippen LogP contribution < -0.4 is 10.4 Å². The highest BCUT2D eigenvalue weighted by Gasteiger charge is 2.16. The lowest BCUT2D eigenvalue weighted by Crippen LogP contribution is -2.03. The van der Waals surface area contributed by atoms with Gasteiger partial charge in [0.1, 0.15) is 17.1 Å². The summed E-state index contributed by atoms with van der Waals surface area (Å²) in [6, 6.07) is 15.4. The monoisotopic (exact) mass is 350 g/mol. The highest BCUT2D eigenvalue weighted by molar-refractivity contribution is 6.04. The fourth-order valence-corrected chi connectivity index (χ4v) is 2.88. The average Bonchev–Trinajstić information content (AvgIpc) is 3.12. The van der Waals surface area contributed by atoms with Crippen LogP contribution in [0.5, 0.6) is 5.75 Å². The van der Waals surface area contributed by atoms with Gasteiger partial charge >= 0.3 is 11.6 Å². The maximum Gasteiger partial charge on any atom is 0.371 e. The van der Waals surface area contributed by atoms with Crippen LogP contribution in [0.3, 0.4) is 0 Å². The molecule has 4 aromatic rings. The molecular formula is C20H14O6. The van der Waals surface area contributed by atoms with E-state index in [1.807, 2.05) is 18.2 Å². The Morgan fingerprint density at radius 3 is 2.50 bits per heavy atom. The van der Waals surface area contributed by atoms with Gasteiger partial charge in [-0.3, -0.25) is 0 Å². The van der Waals surface area contributed by atoms with Crippen LogP contribution in [-0.4, -0.2) is 11.1 Å². The first-order valence-corrected chi connectivity index (χ1v) is 7.98. The van der Waals surface area contributed by atoms with Gasteiger partial charge < -0.3 is 18.7 Å². The van der Waals surface area contributed by atoms with E-state index in [1.54, 1.807) is 37.3 Å². The average molecular weight is 350 g/mol. The van der Waals surface area contributed by atoms with E-state index < -0.39 is 17.7 Å². The topological polar surface area (TPSA) is 89.9 Å². The van der Waals surface area contributed by atoms with Gasteiger partial charge in [-0.05, 0) is 42.6 Å². The summed E-state index contributed by atoms with van der Waals surface area (Å²) in [4.78, 5) is 23.0. The van der Waals surface area contributed by atoms with Gasteiger partial charge in [0.2, 0.25) is 5.76 Å². The molecule has 0 aliphatic rings. The fourth-order valence-electron chi connectivity index (χ4n) is 2.88. The largest absolute Gasteiger partial charge is 0.483 e. The summed E-state index contributed by atoms with van der Waals surface area (Å²) in [5, 5.41) is 11.1. The van der Waals surface area contributed by atoms with Crippen molar-refractivity contribution in [1.29, 1.82) is 0 Å². The highest BCUT2D eigenvalue weighted by Crippen LogP contribution is 2.29. The maximum atomic E-state index is 12.1. The van der Waals surface area contributed by atoms with Crippen LogP contribution in [0.25, 0.3) is 21.7 Å². The first kappa shape index (κ1) is 16.0. The molecule has 1 unspecified atom stereocenters. The van der Waals surface area contributed by atoms with E-state index in [1.165, 1.54) is 6.07 Å². The van der Waals surface area contributed by atoms with Crippen molar-refractivity contribution in [3.63, 3.8) is 0 Å². The van der Waals surface area contributed by atoms with Gasteiger partial charge in [-0.25, -0.2) is 9.59 Å². The number of carboxylic acids is 1. The minimum atomic E-state index is -1.14. The van der Waals surface area contributed by atoms with Crippen molar-refractivity contribution < 1.29 is 23.5 Å². The molecule has 0 spiro atoms. The van der Waals surface area contributed by atoms with Crippen LogP contribution in [-0.2, 0) is 0 Å². The van der Waals surface area contributed by atoms with Crippen molar-refractivity contribution in [1.82, 2.24) is 0 Å². The molecule has 0 saturated heterocycles. The van der Waals surface area contributed by atoms with Crippen molar-refractivity contribution >= 4 is 27.7 Å². The van der Waals surface area contributed by atoms with Gasteiger partial charge in [0.25, 0.3) is 0 Å². The number of fused-ring (bicyclic) bond motifs is 3. The third-order valence-electron chi connectivity index (χ3n) is 4.14. The number of ether oxygens (including phenoxy) is 1. The summed E-state index contributed by atoms with van der Waals surface area (Å²) in [6.45, 7) is 1.74. The molecule has 0 saturated carbocycles. The second-order valence-corrected chi connectivity index (χ2v) is 5.86. The Balaban J connectivity index is 1.70. The van der Waals surface area contributed by atoms with Gasteiger partial charge in [0, 0.05) is 11.5 Å². The molecule has 0 aliphatic heterocycles. The van der Waals surface area contributed by atoms with E-state index >= 15 is 0 Å². The molecule has 0 aliphatic carbocycles. The lowest BCUT2D eigenvalue weighted by molar-refractivity contribution is 0.0655. The van der Waals surface area contributed by atoms with Crippen LogP contribution in [0.2, 0.25) is 0 Å². The van der Waals surface area contributed by atoms with Crippen LogP contribution in [0.15, 0.2) is 68.2 Å². The zero-order valence-corrected chi connectivity index (χ0v) is 13.8. The second kappa shape index (κ2) is 6.07. The van der Waals surface area contributed by atoms with E-state index in [2.05, 4.69) is 0 Å². The quantitative estimate of drug-likeness (QED) is 0.434. The Kier molecular flexibility index (Phi) is 3.73. The molecule has 4 rings (SSSR count). The molecule has 0 fully saturated rings. The Hall–Kier alpha value is -3.54. The molecular weight excluding hydrogens is 336 g/mol. The Labute approximate surface area is 147 Å². The Morgan fingerprint density at radius 2 is 1.77 bits per heavy atom. The molecule has 2 aromatic heterocycles. The van der Waals surface area contributed by atoms with E-state index in [4.69, 9.17) is 18.7 Å². The Morgan fingerprint density at radius 1 is 1.00 bits per heavy atom. The van der Waals surface area contributed by atoms with Gasteiger partial charge in [-0.15, -0.1) is 0 Å². The van der Waals surface area contributed by atoms with E-state index in [-0.39, 0.29) is 5.76 Å². The highest BCUT2D eigenvalue weighted by atomic mass is 16.5. The number of aromatic carboxylic acids is 1. The van der Waals surface area contributed by atoms with Gasteiger partial charge in [0.05, 0.1) is 5.39 Å². The first-order valence-electron chi connectivity index (χ1n) is 7.98.